The highest BCUT2D eigenvalue weighted by Crippen LogP contribution is 2.13. The Balaban J connectivity index is 0.00000289. The molecule has 1 aliphatic rings. The van der Waals surface area contributed by atoms with Crippen LogP contribution in [-0.4, -0.2) is 50.3 Å². The number of nitrogens with one attached hydrogen (secondary N) is 1. The second-order valence-electron chi connectivity index (χ2n) is 4.96. The molecular formula is C13H28IN3O. The summed E-state index contributed by atoms with van der Waals surface area (Å²) in [5.74, 6) is 1.68. The monoisotopic (exact) mass is 369 g/mol. The molecule has 1 N–H and O–H groups in total. The fraction of sp³-hybridized carbons (Fsp3) is 0.923. The lowest BCUT2D eigenvalue weighted by Crippen LogP contribution is -2.47. The number of hydrogen-bond acceptors (Lipinski definition) is 2. The molecule has 1 aliphatic heterocycles. The Kier molecular flexibility index (Phi) is 9.81. The van der Waals surface area contributed by atoms with E-state index in [2.05, 4.69) is 36.0 Å². The van der Waals surface area contributed by atoms with Crippen molar-refractivity contribution in [3.05, 3.63) is 0 Å². The van der Waals surface area contributed by atoms with Gasteiger partial charge in [-0.15, -0.1) is 24.0 Å². The highest BCUT2D eigenvalue weighted by atomic mass is 127. The maximum atomic E-state index is 5.66. The van der Waals surface area contributed by atoms with Crippen molar-refractivity contribution in [1.82, 2.24) is 10.2 Å². The van der Waals surface area contributed by atoms with Crippen molar-refractivity contribution in [3.8, 4) is 0 Å². The van der Waals surface area contributed by atoms with Crippen LogP contribution in [0.15, 0.2) is 4.99 Å². The van der Waals surface area contributed by atoms with Crippen molar-refractivity contribution < 1.29 is 4.74 Å². The van der Waals surface area contributed by atoms with Gasteiger partial charge in [0.1, 0.15) is 0 Å². The number of halogens is 1. The highest BCUT2D eigenvalue weighted by molar-refractivity contribution is 14.0. The van der Waals surface area contributed by atoms with Crippen molar-refractivity contribution >= 4 is 29.9 Å². The standard InChI is InChI=1S/C13H27N3O.HI/c1-5-17-12-6-8-16(9-7-12)13(14-4)15-10-11(2)3;/h11-12H,5-10H2,1-4H3,(H,14,15);1H. The maximum Gasteiger partial charge on any atom is 0.193 e. The van der Waals surface area contributed by atoms with Crippen LogP contribution in [0.3, 0.4) is 0 Å². The van der Waals surface area contributed by atoms with Gasteiger partial charge in [0.05, 0.1) is 6.10 Å². The summed E-state index contributed by atoms with van der Waals surface area (Å²) in [6, 6.07) is 0. The van der Waals surface area contributed by atoms with Gasteiger partial charge >= 0.3 is 0 Å². The Hall–Kier alpha value is -0.0400. The van der Waals surface area contributed by atoms with E-state index in [9.17, 15) is 0 Å². The van der Waals surface area contributed by atoms with Gasteiger partial charge in [-0.3, -0.25) is 4.99 Å². The third-order valence-corrected chi connectivity index (χ3v) is 3.02. The fourth-order valence-corrected chi connectivity index (χ4v) is 2.10. The zero-order valence-corrected chi connectivity index (χ0v) is 14.4. The summed E-state index contributed by atoms with van der Waals surface area (Å²) in [5, 5.41) is 3.42. The lowest BCUT2D eigenvalue weighted by Gasteiger charge is -2.34. The van der Waals surface area contributed by atoms with Crippen LogP contribution in [0.2, 0.25) is 0 Å². The molecule has 5 heteroatoms. The third-order valence-electron chi connectivity index (χ3n) is 3.02. The summed E-state index contributed by atoms with van der Waals surface area (Å²) in [5.41, 5.74) is 0. The van der Waals surface area contributed by atoms with Crippen LogP contribution in [0.5, 0.6) is 0 Å². The molecule has 0 aromatic heterocycles. The lowest BCUT2D eigenvalue weighted by atomic mass is 10.1. The molecular weight excluding hydrogens is 341 g/mol. The first kappa shape index (κ1) is 18.0. The number of likely N-dealkylation sites (tertiary alicyclic amines) is 1. The van der Waals surface area contributed by atoms with Gasteiger partial charge in [-0.05, 0) is 25.7 Å². The maximum absolute atomic E-state index is 5.66. The number of ether oxygens (including phenoxy) is 1. The van der Waals surface area contributed by atoms with Gasteiger partial charge in [0.2, 0.25) is 0 Å². The number of nitrogens with zero attached hydrogens (tertiary/aromatic N) is 2. The van der Waals surface area contributed by atoms with E-state index in [-0.39, 0.29) is 24.0 Å². The van der Waals surface area contributed by atoms with Gasteiger partial charge in [0.15, 0.2) is 5.96 Å². The average Bonchev–Trinajstić information content (AvgIpc) is 2.32. The van der Waals surface area contributed by atoms with E-state index in [0.717, 1.165) is 45.0 Å². The van der Waals surface area contributed by atoms with Crippen molar-refractivity contribution in [2.45, 2.75) is 39.7 Å². The predicted octanol–water partition coefficient (Wildman–Crippen LogP) is 2.34. The van der Waals surface area contributed by atoms with Crippen LogP contribution >= 0.6 is 24.0 Å². The quantitative estimate of drug-likeness (QED) is 0.470. The van der Waals surface area contributed by atoms with Crippen molar-refractivity contribution in [1.29, 1.82) is 0 Å². The Morgan fingerprint density at radius 2 is 2.00 bits per heavy atom. The molecule has 1 rings (SSSR count). The summed E-state index contributed by atoms with van der Waals surface area (Å²) < 4.78 is 5.66. The van der Waals surface area contributed by atoms with Crippen molar-refractivity contribution in [2.24, 2.45) is 10.9 Å². The van der Waals surface area contributed by atoms with E-state index in [4.69, 9.17) is 4.74 Å². The molecule has 0 saturated carbocycles. The molecule has 0 atom stereocenters. The van der Waals surface area contributed by atoms with Crippen LogP contribution in [0.4, 0.5) is 0 Å². The first-order chi connectivity index (χ1) is 8.17. The minimum absolute atomic E-state index is 0. The molecule has 0 bridgehead atoms. The molecule has 0 aliphatic carbocycles. The molecule has 18 heavy (non-hydrogen) atoms. The molecule has 0 radical (unpaired) electrons. The fourth-order valence-electron chi connectivity index (χ4n) is 2.10. The number of rotatable bonds is 4. The first-order valence-electron chi connectivity index (χ1n) is 6.74. The summed E-state index contributed by atoms with van der Waals surface area (Å²) in [4.78, 5) is 6.68. The van der Waals surface area contributed by atoms with E-state index >= 15 is 0 Å². The SMILES string of the molecule is CCOC1CCN(C(=NC)NCC(C)C)CC1.I. The lowest BCUT2D eigenvalue weighted by molar-refractivity contribution is 0.0263. The molecule has 0 spiro atoms. The molecule has 4 nitrogen and oxygen atoms in total. The average molecular weight is 369 g/mol. The van der Waals surface area contributed by atoms with Crippen molar-refractivity contribution in [2.75, 3.05) is 33.3 Å². The molecule has 108 valence electrons. The minimum Gasteiger partial charge on any atom is -0.378 e. The highest BCUT2D eigenvalue weighted by Gasteiger charge is 2.21. The Morgan fingerprint density at radius 1 is 1.39 bits per heavy atom. The summed E-state index contributed by atoms with van der Waals surface area (Å²) in [6.45, 7) is 10.4. The Bertz CT molecular complexity index is 238. The Morgan fingerprint density at radius 3 is 2.44 bits per heavy atom. The van der Waals surface area contributed by atoms with Gasteiger partial charge in [-0.2, -0.15) is 0 Å². The number of piperidine rings is 1. The minimum atomic E-state index is 0. The van der Waals surface area contributed by atoms with Crippen LogP contribution in [0.25, 0.3) is 0 Å². The molecule has 0 aromatic carbocycles. The van der Waals surface area contributed by atoms with Crippen molar-refractivity contribution in [3.63, 3.8) is 0 Å². The van der Waals surface area contributed by atoms with E-state index in [1.54, 1.807) is 0 Å². The van der Waals surface area contributed by atoms with Crippen LogP contribution < -0.4 is 5.32 Å². The van der Waals surface area contributed by atoms with E-state index in [1.165, 1.54) is 0 Å². The van der Waals surface area contributed by atoms with Crippen LogP contribution in [0.1, 0.15) is 33.6 Å². The molecule has 1 heterocycles. The Labute approximate surface area is 129 Å². The van der Waals surface area contributed by atoms with Gasteiger partial charge in [0, 0.05) is 33.3 Å². The predicted molar refractivity (Wildman–Crippen MR) is 87.8 cm³/mol. The van der Waals surface area contributed by atoms with E-state index in [1.807, 2.05) is 7.05 Å². The number of aliphatic imine (C=N–C) groups is 1. The van der Waals surface area contributed by atoms with Crippen LogP contribution in [-0.2, 0) is 4.74 Å². The molecule has 0 amide bonds. The molecule has 0 aromatic rings. The summed E-state index contributed by atoms with van der Waals surface area (Å²) >= 11 is 0. The topological polar surface area (TPSA) is 36.9 Å². The normalized spacial score (nSPS) is 17.8. The summed E-state index contributed by atoms with van der Waals surface area (Å²) in [6.07, 6.45) is 2.66. The second kappa shape index (κ2) is 9.83. The number of guanidine groups is 1. The second-order valence-corrected chi connectivity index (χ2v) is 4.96. The zero-order valence-electron chi connectivity index (χ0n) is 12.1. The summed E-state index contributed by atoms with van der Waals surface area (Å²) in [7, 11) is 1.86. The third kappa shape index (κ3) is 6.22. The first-order valence-corrected chi connectivity index (χ1v) is 6.74. The van der Waals surface area contributed by atoms with Crippen LogP contribution in [0, 0.1) is 5.92 Å². The largest absolute Gasteiger partial charge is 0.378 e. The molecule has 1 saturated heterocycles. The molecule has 1 fully saturated rings. The zero-order chi connectivity index (χ0) is 12.7. The van der Waals surface area contributed by atoms with E-state index in [0.29, 0.717) is 12.0 Å². The van der Waals surface area contributed by atoms with E-state index < -0.39 is 0 Å². The smallest absolute Gasteiger partial charge is 0.193 e. The van der Waals surface area contributed by atoms with Gasteiger partial charge in [-0.1, -0.05) is 13.8 Å². The number of hydrogen-bond donors (Lipinski definition) is 1. The molecule has 0 unspecified atom stereocenters. The van der Waals surface area contributed by atoms with Gasteiger partial charge < -0.3 is 15.0 Å². The van der Waals surface area contributed by atoms with Gasteiger partial charge in [0.25, 0.3) is 0 Å². The van der Waals surface area contributed by atoms with Gasteiger partial charge in [-0.25, -0.2) is 0 Å².